The number of hydrogen-bond donors (Lipinski definition) is 2. The van der Waals surface area contributed by atoms with Gasteiger partial charge in [0, 0.05) is 17.9 Å². The lowest BCUT2D eigenvalue weighted by atomic mass is 10.1. The monoisotopic (exact) mass is 441 g/mol. The van der Waals surface area contributed by atoms with E-state index in [1.807, 2.05) is 42.7 Å². The van der Waals surface area contributed by atoms with Gasteiger partial charge < -0.3 is 15.2 Å². The maximum Gasteiger partial charge on any atom is 0.234 e. The zero-order valence-electron chi connectivity index (χ0n) is 17.4. The molecule has 2 N–H and O–H groups in total. The van der Waals surface area contributed by atoms with Gasteiger partial charge in [0.1, 0.15) is 11.6 Å². The van der Waals surface area contributed by atoms with E-state index in [0.29, 0.717) is 23.2 Å². The minimum Gasteiger partial charge on any atom is -0.326 e. The first-order valence-corrected chi connectivity index (χ1v) is 11.0. The maximum absolute atomic E-state index is 13.0. The molecule has 0 atom stereocenters. The zero-order valence-corrected chi connectivity index (χ0v) is 18.2. The molecule has 0 aliphatic heterocycles. The van der Waals surface area contributed by atoms with Crippen LogP contribution in [0, 0.1) is 5.82 Å². The highest BCUT2D eigenvalue weighted by Crippen LogP contribution is 2.20. The Bertz CT molecular complexity index is 1050. The molecule has 0 spiro atoms. The van der Waals surface area contributed by atoms with E-state index in [1.54, 1.807) is 0 Å². The predicted octanol–water partition coefficient (Wildman–Crippen LogP) is 3.91. The number of aryl methyl sites for hydroxylation is 1. The molecule has 1 heterocycles. The van der Waals surface area contributed by atoms with Crippen molar-refractivity contribution in [2.24, 2.45) is 0 Å². The van der Waals surface area contributed by atoms with Gasteiger partial charge in [0.2, 0.25) is 11.8 Å². The van der Waals surface area contributed by atoms with E-state index in [0.717, 1.165) is 17.7 Å². The lowest BCUT2D eigenvalue weighted by molar-refractivity contribution is -0.116. The Hall–Kier alpha value is -3.20. The van der Waals surface area contributed by atoms with Gasteiger partial charge in [0.15, 0.2) is 5.16 Å². The first-order valence-electron chi connectivity index (χ1n) is 9.98. The quantitative estimate of drug-likeness (QED) is 0.492. The summed E-state index contributed by atoms with van der Waals surface area (Å²) in [6.07, 6.45) is 0.853. The molecule has 0 saturated carbocycles. The van der Waals surface area contributed by atoms with Gasteiger partial charge in [0.05, 0.1) is 12.2 Å². The van der Waals surface area contributed by atoms with E-state index >= 15 is 0 Å². The van der Waals surface area contributed by atoms with Crippen LogP contribution in [0.2, 0.25) is 0 Å². The Balaban J connectivity index is 1.58. The SMILES string of the molecule is CCc1ccccc1NC(=O)CSc1nnc(CC(=O)Nc2ccc(F)cc2)n1CC. The smallest absolute Gasteiger partial charge is 0.234 e. The van der Waals surface area contributed by atoms with E-state index in [2.05, 4.69) is 20.8 Å². The highest BCUT2D eigenvalue weighted by molar-refractivity contribution is 7.99. The fourth-order valence-electron chi connectivity index (χ4n) is 3.02. The molecular formula is C22H24FN5O2S. The molecule has 0 unspecified atom stereocenters. The molecule has 0 radical (unpaired) electrons. The first-order chi connectivity index (χ1) is 15.0. The third kappa shape index (κ3) is 6.14. The molecule has 0 aliphatic carbocycles. The van der Waals surface area contributed by atoms with Crippen molar-refractivity contribution >= 4 is 35.0 Å². The van der Waals surface area contributed by atoms with E-state index in [4.69, 9.17) is 0 Å². The predicted molar refractivity (Wildman–Crippen MR) is 120 cm³/mol. The molecule has 3 rings (SSSR count). The number of para-hydroxylation sites is 1. The number of aromatic nitrogens is 3. The number of nitrogens with zero attached hydrogens (tertiary/aromatic N) is 3. The van der Waals surface area contributed by atoms with Crippen LogP contribution in [0.4, 0.5) is 15.8 Å². The van der Waals surface area contributed by atoms with Gasteiger partial charge in [-0.2, -0.15) is 0 Å². The molecule has 162 valence electrons. The van der Waals surface area contributed by atoms with Gasteiger partial charge >= 0.3 is 0 Å². The maximum atomic E-state index is 13.0. The lowest BCUT2D eigenvalue weighted by Crippen LogP contribution is -2.18. The fraction of sp³-hybridized carbons (Fsp3) is 0.273. The van der Waals surface area contributed by atoms with Crippen molar-refractivity contribution in [2.75, 3.05) is 16.4 Å². The number of thioether (sulfide) groups is 1. The van der Waals surface area contributed by atoms with Crippen LogP contribution in [-0.2, 0) is 29.0 Å². The van der Waals surface area contributed by atoms with Crippen molar-refractivity contribution in [1.82, 2.24) is 14.8 Å². The summed E-state index contributed by atoms with van der Waals surface area (Å²) >= 11 is 1.27. The standard InChI is InChI=1S/C22H24FN5O2S/c1-3-15-7-5-6-8-18(15)25-21(30)14-31-22-27-26-19(28(22)4-2)13-20(29)24-17-11-9-16(23)10-12-17/h5-12H,3-4,13-14H2,1-2H3,(H,24,29)(H,25,30). The van der Waals surface area contributed by atoms with Crippen LogP contribution in [0.3, 0.4) is 0 Å². The van der Waals surface area contributed by atoms with Gasteiger partial charge in [-0.25, -0.2) is 4.39 Å². The number of benzene rings is 2. The second kappa shape index (κ2) is 10.7. The first kappa shape index (κ1) is 22.5. The normalized spacial score (nSPS) is 10.7. The third-order valence-corrected chi connectivity index (χ3v) is 5.53. The molecule has 9 heteroatoms. The summed E-state index contributed by atoms with van der Waals surface area (Å²) in [5.74, 6) is -0.0990. The van der Waals surface area contributed by atoms with Crippen LogP contribution in [0.15, 0.2) is 53.7 Å². The number of hydrogen-bond acceptors (Lipinski definition) is 5. The van der Waals surface area contributed by atoms with Crippen molar-refractivity contribution in [3.63, 3.8) is 0 Å². The molecule has 0 aliphatic rings. The number of rotatable bonds is 9. The van der Waals surface area contributed by atoms with E-state index in [1.165, 1.54) is 36.0 Å². The summed E-state index contributed by atoms with van der Waals surface area (Å²) < 4.78 is 14.8. The second-order valence-electron chi connectivity index (χ2n) is 6.72. The van der Waals surface area contributed by atoms with Crippen molar-refractivity contribution in [2.45, 2.75) is 38.4 Å². The van der Waals surface area contributed by atoms with Crippen molar-refractivity contribution in [1.29, 1.82) is 0 Å². The number of amides is 2. The molecule has 1 aromatic heterocycles. The molecule has 0 fully saturated rings. The number of nitrogens with one attached hydrogen (secondary N) is 2. The topological polar surface area (TPSA) is 88.9 Å². The number of halogens is 1. The Morgan fingerprint density at radius 1 is 1.00 bits per heavy atom. The van der Waals surface area contributed by atoms with Gasteiger partial charge in [-0.1, -0.05) is 36.9 Å². The van der Waals surface area contributed by atoms with Crippen LogP contribution in [0.1, 0.15) is 25.2 Å². The molecule has 0 saturated heterocycles. The van der Waals surface area contributed by atoms with Crippen LogP contribution in [0.25, 0.3) is 0 Å². The van der Waals surface area contributed by atoms with Gasteiger partial charge in [-0.3, -0.25) is 9.59 Å². The fourth-order valence-corrected chi connectivity index (χ4v) is 3.84. The molecule has 2 amide bonds. The summed E-state index contributed by atoms with van der Waals surface area (Å²) in [4.78, 5) is 24.7. The van der Waals surface area contributed by atoms with Crippen LogP contribution >= 0.6 is 11.8 Å². The Morgan fingerprint density at radius 2 is 1.74 bits per heavy atom. The van der Waals surface area contributed by atoms with Crippen LogP contribution < -0.4 is 10.6 Å². The highest BCUT2D eigenvalue weighted by Gasteiger charge is 2.16. The Labute approximate surface area is 184 Å². The summed E-state index contributed by atoms with van der Waals surface area (Å²) in [7, 11) is 0. The van der Waals surface area contributed by atoms with E-state index in [-0.39, 0.29) is 29.8 Å². The molecule has 2 aromatic carbocycles. The second-order valence-corrected chi connectivity index (χ2v) is 7.66. The average molecular weight is 442 g/mol. The minimum absolute atomic E-state index is 0.0227. The van der Waals surface area contributed by atoms with Crippen molar-refractivity contribution in [3.8, 4) is 0 Å². The zero-order chi connectivity index (χ0) is 22.2. The Morgan fingerprint density at radius 3 is 2.45 bits per heavy atom. The van der Waals surface area contributed by atoms with E-state index in [9.17, 15) is 14.0 Å². The molecule has 31 heavy (non-hydrogen) atoms. The van der Waals surface area contributed by atoms with Crippen molar-refractivity contribution < 1.29 is 14.0 Å². The summed E-state index contributed by atoms with van der Waals surface area (Å²) in [6, 6.07) is 13.3. The van der Waals surface area contributed by atoms with Gasteiger partial charge in [0.25, 0.3) is 0 Å². The summed E-state index contributed by atoms with van der Waals surface area (Å²) in [5.41, 5.74) is 2.39. The minimum atomic E-state index is -0.368. The molecular weight excluding hydrogens is 417 g/mol. The summed E-state index contributed by atoms with van der Waals surface area (Å²) in [5, 5.41) is 14.5. The van der Waals surface area contributed by atoms with Crippen molar-refractivity contribution in [3.05, 3.63) is 65.7 Å². The average Bonchev–Trinajstić information content (AvgIpc) is 3.15. The van der Waals surface area contributed by atoms with Crippen LogP contribution in [-0.4, -0.2) is 32.3 Å². The van der Waals surface area contributed by atoms with Gasteiger partial charge in [-0.15, -0.1) is 10.2 Å². The molecule has 0 bridgehead atoms. The highest BCUT2D eigenvalue weighted by atomic mass is 32.2. The van der Waals surface area contributed by atoms with E-state index < -0.39 is 0 Å². The largest absolute Gasteiger partial charge is 0.326 e. The third-order valence-electron chi connectivity index (χ3n) is 4.56. The number of carbonyl (C=O) groups is 2. The van der Waals surface area contributed by atoms with Gasteiger partial charge in [-0.05, 0) is 49.2 Å². The number of anilines is 2. The van der Waals surface area contributed by atoms with Crippen LogP contribution in [0.5, 0.6) is 0 Å². The number of carbonyl (C=O) groups excluding carboxylic acids is 2. The molecule has 7 nitrogen and oxygen atoms in total. The summed E-state index contributed by atoms with van der Waals surface area (Å²) in [6.45, 7) is 4.53. The molecule has 3 aromatic rings. The lowest BCUT2D eigenvalue weighted by Gasteiger charge is -2.10. The Kier molecular flexibility index (Phi) is 7.77.